The summed E-state index contributed by atoms with van der Waals surface area (Å²) in [6, 6.07) is 7.71. The number of anilines is 1. The summed E-state index contributed by atoms with van der Waals surface area (Å²) in [6.07, 6.45) is 1.51. The van der Waals surface area contributed by atoms with Crippen LogP contribution >= 0.6 is 11.8 Å². The maximum Gasteiger partial charge on any atom is 0.247 e. The molecule has 1 aromatic heterocycles. The number of para-hydroxylation sites is 1. The minimum Gasteiger partial charge on any atom is -0.451 e. The fourth-order valence-corrected chi connectivity index (χ4v) is 3.36. The smallest absolute Gasteiger partial charge is 0.247 e. The molecule has 6 nitrogen and oxygen atoms in total. The van der Waals surface area contributed by atoms with Gasteiger partial charge in [0.1, 0.15) is 0 Å². The lowest BCUT2D eigenvalue weighted by Crippen LogP contribution is -2.43. The molecule has 0 aliphatic carbocycles. The maximum atomic E-state index is 12.8. The summed E-state index contributed by atoms with van der Waals surface area (Å²) >= 11 is 1.51. The molecule has 1 atom stereocenters. The molecule has 1 aromatic carbocycles. The molecular formula is C18H22N4O2S. The van der Waals surface area contributed by atoms with Crippen molar-refractivity contribution in [3.8, 4) is 17.1 Å². The third kappa shape index (κ3) is 3.46. The molecule has 7 heteroatoms. The van der Waals surface area contributed by atoms with E-state index in [0.29, 0.717) is 29.6 Å². The molecule has 3 rings (SSSR count). The molecule has 0 fully saturated rings. The predicted molar refractivity (Wildman–Crippen MR) is 98.8 cm³/mol. The van der Waals surface area contributed by atoms with E-state index in [1.165, 1.54) is 11.8 Å². The zero-order valence-electron chi connectivity index (χ0n) is 14.7. The molecule has 0 N–H and O–H groups in total. The van der Waals surface area contributed by atoms with Crippen LogP contribution in [0.25, 0.3) is 11.3 Å². The van der Waals surface area contributed by atoms with Crippen molar-refractivity contribution in [2.45, 2.75) is 51.4 Å². The third-order valence-electron chi connectivity index (χ3n) is 3.94. The number of carbonyl (C=O) groups is 1. The first kappa shape index (κ1) is 17.7. The van der Waals surface area contributed by atoms with Gasteiger partial charge < -0.3 is 4.74 Å². The zero-order valence-corrected chi connectivity index (χ0v) is 15.5. The Bertz CT molecular complexity index is 768. The highest BCUT2D eigenvalue weighted by Crippen LogP contribution is 2.40. The van der Waals surface area contributed by atoms with Crippen LogP contribution in [0.5, 0.6) is 5.88 Å². The number of aromatic nitrogens is 3. The standard InChI is InChI=1S/C18H22N4O2S/c1-4-9-14(23)22-13-11-8-7-10-12(13)16-17(24-15(22)5-2)19-18(21-20-16)25-6-3/h7-8,10-11,15H,4-6,9H2,1-3H3/t15-/m1/s1. The molecule has 2 aromatic rings. The topological polar surface area (TPSA) is 68.2 Å². The first-order valence-corrected chi connectivity index (χ1v) is 9.63. The molecule has 1 amide bonds. The second-order valence-electron chi connectivity index (χ2n) is 5.69. The van der Waals surface area contributed by atoms with Gasteiger partial charge in [-0.05, 0) is 18.2 Å². The van der Waals surface area contributed by atoms with Crippen molar-refractivity contribution in [3.05, 3.63) is 24.3 Å². The van der Waals surface area contributed by atoms with Gasteiger partial charge >= 0.3 is 0 Å². The van der Waals surface area contributed by atoms with E-state index in [2.05, 4.69) is 15.2 Å². The highest BCUT2D eigenvalue weighted by atomic mass is 32.2. The molecule has 2 heterocycles. The minimum atomic E-state index is -0.405. The summed E-state index contributed by atoms with van der Waals surface area (Å²) in [5.41, 5.74) is 2.21. The predicted octanol–water partition coefficient (Wildman–Crippen LogP) is 3.91. The van der Waals surface area contributed by atoms with Crippen molar-refractivity contribution in [2.24, 2.45) is 0 Å². The molecule has 0 saturated heterocycles. The van der Waals surface area contributed by atoms with Crippen molar-refractivity contribution in [2.75, 3.05) is 10.7 Å². The van der Waals surface area contributed by atoms with Crippen LogP contribution in [0.2, 0.25) is 0 Å². The van der Waals surface area contributed by atoms with E-state index in [4.69, 9.17) is 4.74 Å². The lowest BCUT2D eigenvalue weighted by Gasteiger charge is -2.29. The summed E-state index contributed by atoms with van der Waals surface area (Å²) in [5, 5.41) is 9.13. The van der Waals surface area contributed by atoms with E-state index in [-0.39, 0.29) is 5.91 Å². The number of nitrogens with zero attached hydrogens (tertiary/aromatic N) is 4. The Morgan fingerprint density at radius 1 is 1.24 bits per heavy atom. The van der Waals surface area contributed by atoms with Gasteiger partial charge in [0.05, 0.1) is 5.69 Å². The molecule has 0 unspecified atom stereocenters. The van der Waals surface area contributed by atoms with Crippen molar-refractivity contribution in [1.82, 2.24) is 15.2 Å². The Labute approximate surface area is 152 Å². The van der Waals surface area contributed by atoms with Gasteiger partial charge in [-0.25, -0.2) is 0 Å². The van der Waals surface area contributed by atoms with E-state index >= 15 is 0 Å². The number of amides is 1. The monoisotopic (exact) mass is 358 g/mol. The Morgan fingerprint density at radius 3 is 2.76 bits per heavy atom. The van der Waals surface area contributed by atoms with E-state index < -0.39 is 6.23 Å². The summed E-state index contributed by atoms with van der Waals surface area (Å²) < 4.78 is 6.13. The van der Waals surface area contributed by atoms with Crippen LogP contribution in [-0.4, -0.2) is 33.1 Å². The van der Waals surface area contributed by atoms with Gasteiger partial charge in [-0.1, -0.05) is 50.7 Å². The second-order valence-corrected chi connectivity index (χ2v) is 6.92. The normalized spacial score (nSPS) is 15.8. The molecule has 132 valence electrons. The van der Waals surface area contributed by atoms with E-state index in [0.717, 1.165) is 23.4 Å². The van der Waals surface area contributed by atoms with E-state index in [1.807, 2.05) is 45.0 Å². The SMILES string of the molecule is CCCC(=O)N1c2ccccc2-c2nnc(SCC)nc2O[C@@H]1CC. The van der Waals surface area contributed by atoms with Crippen LogP contribution in [0.1, 0.15) is 40.0 Å². The Balaban J connectivity index is 2.15. The lowest BCUT2D eigenvalue weighted by atomic mass is 10.1. The summed E-state index contributed by atoms with van der Waals surface area (Å²) in [4.78, 5) is 19.1. The largest absolute Gasteiger partial charge is 0.451 e. The van der Waals surface area contributed by atoms with Gasteiger partial charge in [0.2, 0.25) is 16.9 Å². The Morgan fingerprint density at radius 2 is 2.04 bits per heavy atom. The molecule has 1 aliphatic rings. The summed E-state index contributed by atoms with van der Waals surface area (Å²) in [6.45, 7) is 6.04. The van der Waals surface area contributed by atoms with Crippen LogP contribution in [0, 0.1) is 0 Å². The van der Waals surface area contributed by atoms with Crippen LogP contribution in [-0.2, 0) is 4.79 Å². The molecule has 25 heavy (non-hydrogen) atoms. The Hall–Kier alpha value is -2.15. The van der Waals surface area contributed by atoms with Gasteiger partial charge in [-0.3, -0.25) is 9.69 Å². The lowest BCUT2D eigenvalue weighted by molar-refractivity contribution is -0.120. The van der Waals surface area contributed by atoms with Crippen molar-refractivity contribution in [3.63, 3.8) is 0 Å². The molecule has 0 saturated carbocycles. The number of hydrogen-bond donors (Lipinski definition) is 0. The van der Waals surface area contributed by atoms with Crippen molar-refractivity contribution < 1.29 is 9.53 Å². The average Bonchev–Trinajstić information content (AvgIpc) is 2.76. The highest BCUT2D eigenvalue weighted by molar-refractivity contribution is 7.99. The number of thioether (sulfide) groups is 1. The van der Waals surface area contributed by atoms with Crippen molar-refractivity contribution >= 4 is 23.4 Å². The Kier molecular flexibility index (Phi) is 5.53. The van der Waals surface area contributed by atoms with Gasteiger partial charge in [0.25, 0.3) is 0 Å². The molecule has 0 radical (unpaired) electrons. The summed E-state index contributed by atoms with van der Waals surface area (Å²) in [7, 11) is 0. The maximum absolute atomic E-state index is 12.8. The first-order valence-electron chi connectivity index (χ1n) is 8.65. The third-order valence-corrected chi connectivity index (χ3v) is 4.66. The minimum absolute atomic E-state index is 0.0470. The number of rotatable bonds is 5. The fourth-order valence-electron chi connectivity index (χ4n) is 2.86. The number of ether oxygens (including phenoxy) is 1. The number of fused-ring (bicyclic) bond motifs is 3. The van der Waals surface area contributed by atoms with Gasteiger partial charge in [-0.2, -0.15) is 4.98 Å². The number of benzene rings is 1. The van der Waals surface area contributed by atoms with Gasteiger partial charge in [0, 0.05) is 18.4 Å². The number of carbonyl (C=O) groups excluding carboxylic acids is 1. The second kappa shape index (κ2) is 7.82. The average molecular weight is 358 g/mol. The fraction of sp³-hybridized carbons (Fsp3) is 0.444. The van der Waals surface area contributed by atoms with Gasteiger partial charge in [-0.15, -0.1) is 10.2 Å². The van der Waals surface area contributed by atoms with Crippen molar-refractivity contribution in [1.29, 1.82) is 0 Å². The van der Waals surface area contributed by atoms with Crippen LogP contribution in [0.4, 0.5) is 5.69 Å². The van der Waals surface area contributed by atoms with Crippen LogP contribution in [0.15, 0.2) is 29.4 Å². The molecular weight excluding hydrogens is 336 g/mol. The van der Waals surface area contributed by atoms with Crippen LogP contribution in [0.3, 0.4) is 0 Å². The van der Waals surface area contributed by atoms with E-state index in [9.17, 15) is 4.79 Å². The molecule has 1 aliphatic heterocycles. The quantitative estimate of drug-likeness (QED) is 0.755. The zero-order chi connectivity index (χ0) is 17.8. The number of hydrogen-bond acceptors (Lipinski definition) is 6. The first-order chi connectivity index (χ1) is 12.2. The highest BCUT2D eigenvalue weighted by Gasteiger charge is 2.33. The van der Waals surface area contributed by atoms with Gasteiger partial charge in [0.15, 0.2) is 11.9 Å². The molecule has 0 spiro atoms. The van der Waals surface area contributed by atoms with Crippen LogP contribution < -0.4 is 9.64 Å². The summed E-state index contributed by atoms with van der Waals surface area (Å²) in [5.74, 6) is 1.35. The molecule has 0 bridgehead atoms. The van der Waals surface area contributed by atoms with E-state index in [1.54, 1.807) is 4.90 Å².